The minimum atomic E-state index is -3.68. The second-order valence-corrected chi connectivity index (χ2v) is 8.92. The lowest BCUT2D eigenvalue weighted by Gasteiger charge is -2.36. The Kier molecular flexibility index (Phi) is 5.75. The summed E-state index contributed by atoms with van der Waals surface area (Å²) < 4.78 is 24.8. The summed E-state index contributed by atoms with van der Waals surface area (Å²) >= 11 is 11.8. The molecule has 2 aromatic carbocycles. The highest BCUT2D eigenvalue weighted by molar-refractivity contribution is 7.92. The fraction of sp³-hybridized carbons (Fsp3) is 0.278. The molecule has 0 aliphatic carbocycles. The third-order valence-electron chi connectivity index (χ3n) is 4.29. The van der Waals surface area contributed by atoms with E-state index in [4.69, 9.17) is 23.2 Å². The molecule has 0 radical (unpaired) electrons. The van der Waals surface area contributed by atoms with Gasteiger partial charge in [-0.2, -0.15) is 0 Å². The van der Waals surface area contributed by atoms with Gasteiger partial charge < -0.3 is 9.80 Å². The van der Waals surface area contributed by atoms with Crippen molar-refractivity contribution in [3.63, 3.8) is 0 Å². The fourth-order valence-corrected chi connectivity index (χ4v) is 4.40. The Balaban J connectivity index is 1.61. The molecule has 26 heavy (non-hydrogen) atoms. The van der Waals surface area contributed by atoms with Crippen molar-refractivity contribution >= 4 is 44.6 Å². The molecule has 2 aromatic rings. The normalized spacial score (nSPS) is 15.2. The lowest BCUT2D eigenvalue weighted by molar-refractivity contribution is -0.128. The lowest BCUT2D eigenvalue weighted by Crippen LogP contribution is -2.50. The molecule has 8 heteroatoms. The number of sulfone groups is 1. The van der Waals surface area contributed by atoms with Crippen molar-refractivity contribution < 1.29 is 13.2 Å². The number of rotatable bonds is 4. The zero-order valence-corrected chi connectivity index (χ0v) is 16.3. The van der Waals surface area contributed by atoms with Gasteiger partial charge in [0.2, 0.25) is 5.91 Å². The van der Waals surface area contributed by atoms with E-state index in [1.807, 2.05) is 24.3 Å². The maximum absolute atomic E-state index is 12.4. The molecule has 0 atom stereocenters. The van der Waals surface area contributed by atoms with Crippen LogP contribution in [0.3, 0.4) is 0 Å². The van der Waals surface area contributed by atoms with Crippen molar-refractivity contribution in [2.24, 2.45) is 0 Å². The largest absolute Gasteiger partial charge is 0.368 e. The van der Waals surface area contributed by atoms with Gasteiger partial charge in [-0.05, 0) is 42.5 Å². The topological polar surface area (TPSA) is 57.7 Å². The summed E-state index contributed by atoms with van der Waals surface area (Å²) in [7, 11) is -3.68. The molecule has 1 heterocycles. The maximum atomic E-state index is 12.4. The Morgan fingerprint density at radius 1 is 0.923 bits per heavy atom. The first-order valence-corrected chi connectivity index (χ1v) is 10.5. The summed E-state index contributed by atoms with van der Waals surface area (Å²) in [5.74, 6) is -0.920. The summed E-state index contributed by atoms with van der Waals surface area (Å²) in [5, 5.41) is 1.11. The Morgan fingerprint density at radius 2 is 1.58 bits per heavy atom. The van der Waals surface area contributed by atoms with Crippen LogP contribution in [0.2, 0.25) is 10.0 Å². The molecular formula is C18H18Cl2N2O3S. The van der Waals surface area contributed by atoms with Crippen molar-refractivity contribution in [3.8, 4) is 0 Å². The number of piperazine rings is 1. The molecule has 0 N–H and O–H groups in total. The second kappa shape index (κ2) is 7.86. The van der Waals surface area contributed by atoms with Gasteiger partial charge in [0.15, 0.2) is 9.84 Å². The van der Waals surface area contributed by atoms with Crippen LogP contribution in [-0.2, 0) is 14.6 Å². The van der Waals surface area contributed by atoms with E-state index >= 15 is 0 Å². The van der Waals surface area contributed by atoms with Crippen molar-refractivity contribution in [1.82, 2.24) is 4.90 Å². The van der Waals surface area contributed by atoms with Crippen LogP contribution in [0.25, 0.3) is 0 Å². The van der Waals surface area contributed by atoms with Gasteiger partial charge in [-0.25, -0.2) is 8.42 Å². The zero-order chi connectivity index (χ0) is 18.7. The quantitative estimate of drug-likeness (QED) is 0.773. The van der Waals surface area contributed by atoms with Gasteiger partial charge in [0, 0.05) is 41.9 Å². The molecule has 0 spiro atoms. The third kappa shape index (κ3) is 4.50. The standard InChI is InChI=1S/C18H18Cl2N2O3S/c19-14-4-6-17(7-5-14)26(24,25)13-18(23)22-10-8-21(9-11-22)16-3-1-2-15(20)12-16/h1-7,12H,8-11,13H2. The smallest absolute Gasteiger partial charge is 0.238 e. The van der Waals surface area contributed by atoms with Crippen LogP contribution in [0, 0.1) is 0 Å². The number of carbonyl (C=O) groups excluding carboxylic acids is 1. The monoisotopic (exact) mass is 412 g/mol. The summed E-state index contributed by atoms with van der Waals surface area (Å²) in [5.41, 5.74) is 0.999. The molecule has 5 nitrogen and oxygen atoms in total. The minimum absolute atomic E-state index is 0.104. The number of carbonyl (C=O) groups is 1. The van der Waals surface area contributed by atoms with Gasteiger partial charge in [-0.3, -0.25) is 4.79 Å². The van der Waals surface area contributed by atoms with E-state index < -0.39 is 15.6 Å². The van der Waals surface area contributed by atoms with E-state index in [0.29, 0.717) is 36.2 Å². The highest BCUT2D eigenvalue weighted by Gasteiger charge is 2.26. The molecule has 1 saturated heterocycles. The summed E-state index contributed by atoms with van der Waals surface area (Å²) in [6.07, 6.45) is 0. The first-order chi connectivity index (χ1) is 12.3. The van der Waals surface area contributed by atoms with Gasteiger partial charge >= 0.3 is 0 Å². The van der Waals surface area contributed by atoms with Crippen LogP contribution in [0.1, 0.15) is 0 Å². The lowest BCUT2D eigenvalue weighted by atomic mass is 10.2. The number of hydrogen-bond donors (Lipinski definition) is 0. The van der Waals surface area contributed by atoms with E-state index in [1.165, 1.54) is 24.3 Å². The van der Waals surface area contributed by atoms with Gasteiger partial charge in [0.25, 0.3) is 0 Å². The number of benzene rings is 2. The summed E-state index contributed by atoms with van der Waals surface area (Å²) in [6.45, 7) is 2.21. The second-order valence-electron chi connectivity index (χ2n) is 6.06. The van der Waals surface area contributed by atoms with Crippen LogP contribution in [0.4, 0.5) is 5.69 Å². The average molecular weight is 413 g/mol. The van der Waals surface area contributed by atoms with Gasteiger partial charge in [0.1, 0.15) is 5.75 Å². The molecular weight excluding hydrogens is 395 g/mol. The van der Waals surface area contributed by atoms with E-state index in [-0.39, 0.29) is 10.8 Å². The molecule has 138 valence electrons. The zero-order valence-electron chi connectivity index (χ0n) is 13.9. The van der Waals surface area contributed by atoms with Crippen molar-refractivity contribution in [1.29, 1.82) is 0 Å². The molecule has 1 amide bonds. The molecule has 0 unspecified atom stereocenters. The maximum Gasteiger partial charge on any atom is 0.238 e. The van der Waals surface area contributed by atoms with E-state index in [1.54, 1.807) is 4.90 Å². The van der Waals surface area contributed by atoms with E-state index in [0.717, 1.165) is 5.69 Å². The molecule has 0 bridgehead atoms. The van der Waals surface area contributed by atoms with Gasteiger partial charge in [-0.1, -0.05) is 29.3 Å². The Morgan fingerprint density at radius 3 is 2.19 bits per heavy atom. The highest BCUT2D eigenvalue weighted by atomic mass is 35.5. The predicted octanol–water partition coefficient (Wildman–Crippen LogP) is 3.12. The molecule has 3 rings (SSSR count). The molecule has 1 aliphatic heterocycles. The Labute approximate surface area is 163 Å². The summed E-state index contributed by atoms with van der Waals surface area (Å²) in [6, 6.07) is 13.4. The first kappa shape index (κ1) is 19.0. The van der Waals surface area contributed by atoms with Crippen molar-refractivity contribution in [2.75, 3.05) is 36.8 Å². The molecule has 1 fully saturated rings. The van der Waals surface area contributed by atoms with Crippen LogP contribution < -0.4 is 4.90 Å². The van der Waals surface area contributed by atoms with Crippen LogP contribution >= 0.6 is 23.2 Å². The predicted molar refractivity (Wildman–Crippen MR) is 104 cm³/mol. The van der Waals surface area contributed by atoms with E-state index in [9.17, 15) is 13.2 Å². The first-order valence-electron chi connectivity index (χ1n) is 8.12. The average Bonchev–Trinajstić information content (AvgIpc) is 2.62. The fourth-order valence-electron chi connectivity index (χ4n) is 2.87. The highest BCUT2D eigenvalue weighted by Crippen LogP contribution is 2.21. The van der Waals surface area contributed by atoms with Crippen molar-refractivity contribution in [2.45, 2.75) is 4.90 Å². The van der Waals surface area contributed by atoms with Crippen LogP contribution in [-0.4, -0.2) is 51.2 Å². The number of amides is 1. The Hall–Kier alpha value is -1.76. The number of halogens is 2. The molecule has 0 saturated carbocycles. The van der Waals surface area contributed by atoms with E-state index in [2.05, 4.69) is 4.90 Å². The number of anilines is 1. The van der Waals surface area contributed by atoms with Crippen LogP contribution in [0.15, 0.2) is 53.4 Å². The molecule has 1 aliphatic rings. The number of hydrogen-bond acceptors (Lipinski definition) is 4. The summed E-state index contributed by atoms with van der Waals surface area (Å²) in [4.78, 5) is 16.3. The Bertz CT molecular complexity index is 893. The van der Waals surface area contributed by atoms with Crippen LogP contribution in [0.5, 0.6) is 0 Å². The SMILES string of the molecule is O=C(CS(=O)(=O)c1ccc(Cl)cc1)N1CCN(c2cccc(Cl)c2)CC1. The third-order valence-corrected chi connectivity index (χ3v) is 6.40. The minimum Gasteiger partial charge on any atom is -0.368 e. The molecule has 0 aromatic heterocycles. The van der Waals surface area contributed by atoms with Crippen molar-refractivity contribution in [3.05, 3.63) is 58.6 Å². The number of nitrogens with zero attached hydrogens (tertiary/aromatic N) is 2. The van der Waals surface area contributed by atoms with Gasteiger partial charge in [-0.15, -0.1) is 0 Å². The van der Waals surface area contributed by atoms with Gasteiger partial charge in [0.05, 0.1) is 4.90 Å².